The molecule has 114 valence electrons. The van der Waals surface area contributed by atoms with Crippen LogP contribution in [0.15, 0.2) is 63.7 Å². The molecular weight excluding hydrogens is 294 g/mol. The molecule has 0 aliphatic rings. The molecule has 23 heavy (non-hydrogen) atoms. The van der Waals surface area contributed by atoms with Crippen LogP contribution in [-0.2, 0) is 0 Å². The summed E-state index contributed by atoms with van der Waals surface area (Å²) in [5.74, 6) is 1.27. The first-order valence-electron chi connectivity index (χ1n) is 7.07. The predicted octanol–water partition coefficient (Wildman–Crippen LogP) is 4.47. The molecule has 5 heteroatoms. The minimum absolute atomic E-state index is 0.0654. The highest BCUT2D eigenvalue weighted by Crippen LogP contribution is 2.39. The standard InChI is InChI=1S/C18H13NO4/c1-21-12-6-7-13(15(20)9-12)18-14(10-22-19-18)17-8-11-4-2-3-5-16(11)23-17/h2-10,20H,1H3. The van der Waals surface area contributed by atoms with E-state index >= 15 is 0 Å². The summed E-state index contributed by atoms with van der Waals surface area (Å²) in [5, 5.41) is 15.2. The normalized spacial score (nSPS) is 11.0. The van der Waals surface area contributed by atoms with Crippen molar-refractivity contribution in [2.24, 2.45) is 0 Å². The van der Waals surface area contributed by atoms with Crippen molar-refractivity contribution in [3.8, 4) is 34.1 Å². The molecule has 0 atom stereocenters. The van der Waals surface area contributed by atoms with Gasteiger partial charge < -0.3 is 18.8 Å². The van der Waals surface area contributed by atoms with Gasteiger partial charge in [0.15, 0.2) is 0 Å². The van der Waals surface area contributed by atoms with Crippen molar-refractivity contribution in [2.45, 2.75) is 0 Å². The summed E-state index contributed by atoms with van der Waals surface area (Å²) in [4.78, 5) is 0. The van der Waals surface area contributed by atoms with E-state index < -0.39 is 0 Å². The number of methoxy groups -OCH3 is 1. The Morgan fingerprint density at radius 3 is 2.70 bits per heavy atom. The van der Waals surface area contributed by atoms with E-state index in [-0.39, 0.29) is 5.75 Å². The number of rotatable bonds is 3. The molecule has 2 aromatic carbocycles. The molecule has 5 nitrogen and oxygen atoms in total. The fourth-order valence-corrected chi connectivity index (χ4v) is 2.56. The van der Waals surface area contributed by atoms with Gasteiger partial charge in [-0.1, -0.05) is 23.4 Å². The van der Waals surface area contributed by atoms with Crippen LogP contribution >= 0.6 is 0 Å². The van der Waals surface area contributed by atoms with Crippen LogP contribution in [0.4, 0.5) is 0 Å². The van der Waals surface area contributed by atoms with E-state index in [1.807, 2.05) is 30.3 Å². The van der Waals surface area contributed by atoms with Crippen LogP contribution < -0.4 is 4.74 Å². The summed E-state index contributed by atoms with van der Waals surface area (Å²) in [7, 11) is 1.55. The van der Waals surface area contributed by atoms with Gasteiger partial charge in [0, 0.05) is 17.0 Å². The Morgan fingerprint density at radius 2 is 1.91 bits per heavy atom. The monoisotopic (exact) mass is 307 g/mol. The number of hydrogen-bond donors (Lipinski definition) is 1. The molecule has 0 unspecified atom stereocenters. The number of hydrogen-bond acceptors (Lipinski definition) is 5. The molecule has 2 aromatic heterocycles. The summed E-state index contributed by atoms with van der Waals surface area (Å²) in [6.07, 6.45) is 1.51. The number of aromatic hydroxyl groups is 1. The van der Waals surface area contributed by atoms with Crippen molar-refractivity contribution in [2.75, 3.05) is 7.11 Å². The lowest BCUT2D eigenvalue weighted by Crippen LogP contribution is -1.86. The van der Waals surface area contributed by atoms with Gasteiger partial charge >= 0.3 is 0 Å². The number of phenolic OH excluding ortho intramolecular Hbond substituents is 1. The van der Waals surface area contributed by atoms with Gasteiger partial charge in [0.25, 0.3) is 0 Å². The number of aromatic nitrogens is 1. The topological polar surface area (TPSA) is 68.6 Å². The Hall–Kier alpha value is -3.21. The molecule has 0 saturated carbocycles. The van der Waals surface area contributed by atoms with Crippen LogP contribution in [0.1, 0.15) is 0 Å². The second kappa shape index (κ2) is 5.21. The zero-order valence-corrected chi connectivity index (χ0v) is 12.3. The third kappa shape index (κ3) is 2.23. The maximum atomic E-state index is 10.2. The van der Waals surface area contributed by atoms with Gasteiger partial charge in [0.05, 0.1) is 12.7 Å². The lowest BCUT2D eigenvalue weighted by Gasteiger charge is -2.05. The van der Waals surface area contributed by atoms with E-state index in [0.29, 0.717) is 28.3 Å². The molecule has 4 aromatic rings. The number of furan rings is 1. The van der Waals surface area contributed by atoms with Crippen molar-refractivity contribution in [3.63, 3.8) is 0 Å². The van der Waals surface area contributed by atoms with Crippen LogP contribution in [0.2, 0.25) is 0 Å². The third-order valence-electron chi connectivity index (χ3n) is 3.72. The van der Waals surface area contributed by atoms with Gasteiger partial charge in [0.1, 0.15) is 34.8 Å². The summed E-state index contributed by atoms with van der Waals surface area (Å²) in [5.41, 5.74) is 2.54. The van der Waals surface area contributed by atoms with Gasteiger partial charge in [0.2, 0.25) is 0 Å². The maximum absolute atomic E-state index is 10.2. The molecule has 4 rings (SSSR count). The second-order valence-electron chi connectivity index (χ2n) is 5.11. The Bertz CT molecular complexity index is 951. The van der Waals surface area contributed by atoms with Gasteiger partial charge in [-0.3, -0.25) is 0 Å². The molecule has 1 N–H and O–H groups in total. The van der Waals surface area contributed by atoms with Crippen LogP contribution in [-0.4, -0.2) is 17.4 Å². The van der Waals surface area contributed by atoms with Gasteiger partial charge in [-0.25, -0.2) is 0 Å². The highest BCUT2D eigenvalue weighted by Gasteiger charge is 2.19. The van der Waals surface area contributed by atoms with Gasteiger partial charge in [-0.15, -0.1) is 0 Å². The number of ether oxygens (including phenoxy) is 1. The SMILES string of the molecule is COc1ccc(-c2nocc2-c2cc3ccccc3o2)c(O)c1. The van der Waals surface area contributed by atoms with Crippen molar-refractivity contribution in [3.05, 3.63) is 54.8 Å². The fraction of sp³-hybridized carbons (Fsp3) is 0.0556. The molecule has 0 aliphatic heterocycles. The first-order valence-corrected chi connectivity index (χ1v) is 7.07. The minimum Gasteiger partial charge on any atom is -0.507 e. The number of phenols is 1. The summed E-state index contributed by atoms with van der Waals surface area (Å²) < 4.78 is 16.1. The Kier molecular flexibility index (Phi) is 3.05. The lowest BCUT2D eigenvalue weighted by molar-refractivity contribution is 0.407. The minimum atomic E-state index is 0.0654. The fourth-order valence-electron chi connectivity index (χ4n) is 2.56. The van der Waals surface area contributed by atoms with Gasteiger partial charge in [-0.05, 0) is 24.3 Å². The number of benzene rings is 2. The van der Waals surface area contributed by atoms with Crippen molar-refractivity contribution >= 4 is 11.0 Å². The Labute approximate surface area is 131 Å². The second-order valence-corrected chi connectivity index (χ2v) is 5.11. The maximum Gasteiger partial charge on any atom is 0.140 e. The zero-order valence-electron chi connectivity index (χ0n) is 12.3. The van der Waals surface area contributed by atoms with E-state index in [4.69, 9.17) is 13.7 Å². The average molecular weight is 307 g/mol. The molecular formula is C18H13NO4. The number of fused-ring (bicyclic) bond motifs is 1. The highest BCUT2D eigenvalue weighted by molar-refractivity contribution is 5.87. The average Bonchev–Trinajstić information content (AvgIpc) is 3.20. The Morgan fingerprint density at radius 1 is 1.04 bits per heavy atom. The number of nitrogens with zero attached hydrogens (tertiary/aromatic N) is 1. The molecule has 0 amide bonds. The number of para-hydroxylation sites is 1. The molecule has 0 spiro atoms. The van der Waals surface area contributed by atoms with E-state index in [0.717, 1.165) is 11.0 Å². The van der Waals surface area contributed by atoms with E-state index in [1.54, 1.807) is 19.2 Å². The molecule has 0 bridgehead atoms. The zero-order chi connectivity index (χ0) is 15.8. The first-order chi connectivity index (χ1) is 11.3. The molecule has 0 radical (unpaired) electrons. The summed E-state index contributed by atoms with van der Waals surface area (Å²) >= 11 is 0. The molecule has 0 aliphatic carbocycles. The van der Waals surface area contributed by atoms with Crippen LogP contribution in [0.3, 0.4) is 0 Å². The summed E-state index contributed by atoms with van der Waals surface area (Å²) in [6.45, 7) is 0. The highest BCUT2D eigenvalue weighted by atomic mass is 16.5. The molecule has 0 fully saturated rings. The predicted molar refractivity (Wildman–Crippen MR) is 85.4 cm³/mol. The lowest BCUT2D eigenvalue weighted by atomic mass is 10.1. The van der Waals surface area contributed by atoms with Crippen molar-refractivity contribution in [1.82, 2.24) is 5.16 Å². The quantitative estimate of drug-likeness (QED) is 0.605. The molecule has 2 heterocycles. The molecule has 0 saturated heterocycles. The van der Waals surface area contributed by atoms with Gasteiger partial charge in [-0.2, -0.15) is 0 Å². The smallest absolute Gasteiger partial charge is 0.140 e. The van der Waals surface area contributed by atoms with Crippen LogP contribution in [0, 0.1) is 0 Å². The Balaban J connectivity index is 1.85. The third-order valence-corrected chi connectivity index (χ3v) is 3.72. The first kappa shape index (κ1) is 13.5. The van der Waals surface area contributed by atoms with Crippen molar-refractivity contribution in [1.29, 1.82) is 0 Å². The van der Waals surface area contributed by atoms with Crippen LogP contribution in [0.25, 0.3) is 33.6 Å². The van der Waals surface area contributed by atoms with E-state index in [1.165, 1.54) is 12.3 Å². The summed E-state index contributed by atoms with van der Waals surface area (Å²) in [6, 6.07) is 14.7. The van der Waals surface area contributed by atoms with Crippen molar-refractivity contribution < 1.29 is 18.8 Å². The van der Waals surface area contributed by atoms with E-state index in [9.17, 15) is 5.11 Å². The van der Waals surface area contributed by atoms with E-state index in [2.05, 4.69) is 5.16 Å². The van der Waals surface area contributed by atoms with Crippen LogP contribution in [0.5, 0.6) is 11.5 Å². The largest absolute Gasteiger partial charge is 0.507 e.